The Labute approximate surface area is 129 Å². The maximum Gasteiger partial charge on any atom is 0.328 e. The second kappa shape index (κ2) is 7.84. The summed E-state index contributed by atoms with van der Waals surface area (Å²) in [5, 5.41) is 4.99. The minimum Gasteiger partial charge on any atom is -0.467 e. The molecular weight excluding hydrogens is 284 g/mol. The summed E-state index contributed by atoms with van der Waals surface area (Å²) in [5.41, 5.74) is 1.05. The second-order valence-corrected chi connectivity index (χ2v) is 4.67. The molecule has 0 saturated heterocycles. The molecule has 6 heteroatoms. The predicted molar refractivity (Wildman–Crippen MR) is 80.9 cm³/mol. The van der Waals surface area contributed by atoms with E-state index in [1.165, 1.54) is 21.0 Å². The smallest absolute Gasteiger partial charge is 0.328 e. The molecule has 2 atom stereocenters. The topological polar surface area (TPSA) is 84.5 Å². The summed E-state index contributed by atoms with van der Waals surface area (Å²) in [6.07, 6.45) is 5.24. The number of carbonyl (C=O) groups excluding carboxylic acids is 3. The molecule has 116 valence electrons. The zero-order valence-electron chi connectivity index (χ0n) is 12.7. The first kappa shape index (κ1) is 17.2. The molecular formula is C16H18N2O4. The van der Waals surface area contributed by atoms with Crippen molar-refractivity contribution in [1.29, 1.82) is 0 Å². The van der Waals surface area contributed by atoms with Crippen molar-refractivity contribution in [3.63, 3.8) is 0 Å². The molecule has 0 radical (unpaired) electrons. The fourth-order valence-corrected chi connectivity index (χ4v) is 1.64. The monoisotopic (exact) mass is 302 g/mol. The molecule has 2 N–H and O–H groups in total. The first-order valence-electron chi connectivity index (χ1n) is 6.64. The summed E-state index contributed by atoms with van der Waals surface area (Å²) < 4.78 is 4.51. The van der Waals surface area contributed by atoms with Crippen LogP contribution >= 0.6 is 0 Å². The van der Waals surface area contributed by atoms with Gasteiger partial charge in [0.1, 0.15) is 12.1 Å². The largest absolute Gasteiger partial charge is 0.467 e. The fraction of sp³-hybridized carbons (Fsp3) is 0.312. The number of rotatable bonds is 5. The van der Waals surface area contributed by atoms with Gasteiger partial charge >= 0.3 is 5.97 Å². The van der Waals surface area contributed by atoms with Crippen molar-refractivity contribution in [2.45, 2.75) is 25.9 Å². The highest BCUT2D eigenvalue weighted by atomic mass is 16.5. The van der Waals surface area contributed by atoms with Crippen LogP contribution in [0.1, 0.15) is 29.8 Å². The Morgan fingerprint density at radius 3 is 2.18 bits per heavy atom. The third-order valence-electron chi connectivity index (χ3n) is 2.97. The highest BCUT2D eigenvalue weighted by molar-refractivity contribution is 5.98. The molecule has 0 heterocycles. The summed E-state index contributed by atoms with van der Waals surface area (Å²) >= 11 is 0. The molecule has 0 bridgehead atoms. The normalized spacial score (nSPS) is 12.5. The number of benzene rings is 1. The van der Waals surface area contributed by atoms with Gasteiger partial charge in [0.05, 0.1) is 7.11 Å². The van der Waals surface area contributed by atoms with E-state index in [0.717, 1.165) is 0 Å². The summed E-state index contributed by atoms with van der Waals surface area (Å²) in [6.45, 7) is 3.02. The van der Waals surface area contributed by atoms with Gasteiger partial charge in [-0.2, -0.15) is 0 Å². The molecule has 0 saturated carbocycles. The average molecular weight is 302 g/mol. The molecule has 0 aliphatic rings. The predicted octanol–water partition coefficient (Wildman–Crippen LogP) is 0.464. The van der Waals surface area contributed by atoms with Crippen LogP contribution < -0.4 is 10.6 Å². The second-order valence-electron chi connectivity index (χ2n) is 4.67. The lowest BCUT2D eigenvalue weighted by Gasteiger charge is -2.17. The zero-order chi connectivity index (χ0) is 16.7. The van der Waals surface area contributed by atoms with Gasteiger partial charge < -0.3 is 15.4 Å². The Kier molecular flexibility index (Phi) is 6.14. The van der Waals surface area contributed by atoms with Gasteiger partial charge in [-0.15, -0.1) is 6.42 Å². The minimum absolute atomic E-state index is 0.389. The van der Waals surface area contributed by atoms with E-state index in [1.807, 2.05) is 0 Å². The molecule has 22 heavy (non-hydrogen) atoms. The fourth-order valence-electron chi connectivity index (χ4n) is 1.64. The number of amides is 2. The molecule has 2 amide bonds. The number of nitrogens with one attached hydrogen (secondary N) is 2. The van der Waals surface area contributed by atoms with Crippen molar-refractivity contribution in [3.05, 3.63) is 35.4 Å². The molecule has 0 fully saturated rings. The van der Waals surface area contributed by atoms with Gasteiger partial charge in [-0.1, -0.05) is 5.92 Å². The quantitative estimate of drug-likeness (QED) is 0.611. The van der Waals surface area contributed by atoms with Gasteiger partial charge in [0.2, 0.25) is 5.91 Å². The molecule has 1 aromatic carbocycles. The van der Waals surface area contributed by atoms with Crippen molar-refractivity contribution in [3.8, 4) is 12.3 Å². The van der Waals surface area contributed by atoms with Crippen LogP contribution in [-0.4, -0.2) is 37.0 Å². The Bertz CT molecular complexity index is 602. The van der Waals surface area contributed by atoms with Crippen molar-refractivity contribution in [1.82, 2.24) is 10.6 Å². The van der Waals surface area contributed by atoms with Crippen molar-refractivity contribution < 1.29 is 19.1 Å². The number of terminal acetylenes is 1. The molecule has 2 unspecified atom stereocenters. The number of esters is 1. The van der Waals surface area contributed by atoms with Crippen LogP contribution in [0.15, 0.2) is 24.3 Å². The number of carbonyl (C=O) groups is 3. The highest BCUT2D eigenvalue weighted by Gasteiger charge is 2.21. The lowest BCUT2D eigenvalue weighted by molar-refractivity contribution is -0.144. The SMILES string of the molecule is C#Cc1ccc(C(=O)NC(C)C(=O)NC(C)C(=O)OC)cc1. The first-order chi connectivity index (χ1) is 10.4. The van der Waals surface area contributed by atoms with Crippen LogP contribution in [0.4, 0.5) is 0 Å². The van der Waals surface area contributed by atoms with Crippen molar-refractivity contribution >= 4 is 17.8 Å². The molecule has 1 rings (SSSR count). The Balaban J connectivity index is 2.61. The third-order valence-corrected chi connectivity index (χ3v) is 2.97. The Morgan fingerprint density at radius 2 is 1.68 bits per heavy atom. The van der Waals surface area contributed by atoms with Crippen molar-refractivity contribution in [2.24, 2.45) is 0 Å². The molecule has 6 nitrogen and oxygen atoms in total. The number of hydrogen-bond donors (Lipinski definition) is 2. The first-order valence-corrected chi connectivity index (χ1v) is 6.64. The van der Waals surface area contributed by atoms with Crippen LogP contribution in [-0.2, 0) is 14.3 Å². The Morgan fingerprint density at radius 1 is 1.09 bits per heavy atom. The molecule has 0 aliphatic carbocycles. The molecule has 0 aliphatic heterocycles. The Hall–Kier alpha value is -2.81. The summed E-state index contributed by atoms with van der Waals surface area (Å²) in [5.74, 6) is 1.01. The van der Waals surface area contributed by atoms with E-state index in [2.05, 4.69) is 21.3 Å². The maximum atomic E-state index is 12.0. The molecule has 0 aromatic heterocycles. The van der Waals surface area contributed by atoms with Gasteiger partial charge in [-0.25, -0.2) is 4.79 Å². The maximum absolute atomic E-state index is 12.0. The highest BCUT2D eigenvalue weighted by Crippen LogP contribution is 2.03. The third kappa shape index (κ3) is 4.63. The average Bonchev–Trinajstić information content (AvgIpc) is 2.53. The van der Waals surface area contributed by atoms with Gasteiger partial charge in [0.25, 0.3) is 5.91 Å². The number of ether oxygens (including phenoxy) is 1. The van der Waals surface area contributed by atoms with E-state index in [0.29, 0.717) is 11.1 Å². The molecule has 1 aromatic rings. The number of hydrogen-bond acceptors (Lipinski definition) is 4. The van der Waals surface area contributed by atoms with Crippen LogP contribution in [0.2, 0.25) is 0 Å². The van der Waals surface area contributed by atoms with E-state index in [1.54, 1.807) is 24.3 Å². The van der Waals surface area contributed by atoms with E-state index >= 15 is 0 Å². The van der Waals surface area contributed by atoms with E-state index in [4.69, 9.17) is 6.42 Å². The zero-order valence-corrected chi connectivity index (χ0v) is 12.7. The van der Waals surface area contributed by atoms with E-state index < -0.39 is 29.9 Å². The number of methoxy groups -OCH3 is 1. The van der Waals surface area contributed by atoms with Crippen LogP contribution in [0.25, 0.3) is 0 Å². The van der Waals surface area contributed by atoms with Crippen LogP contribution in [0.5, 0.6) is 0 Å². The standard InChI is InChI=1S/C16H18N2O4/c1-5-12-6-8-13(9-7-12)15(20)17-10(2)14(19)18-11(3)16(21)22-4/h1,6-11H,2-4H3,(H,17,20)(H,18,19). The van der Waals surface area contributed by atoms with Gasteiger partial charge in [0.15, 0.2) is 0 Å². The van der Waals surface area contributed by atoms with Crippen LogP contribution in [0.3, 0.4) is 0 Å². The van der Waals surface area contributed by atoms with Gasteiger partial charge in [0, 0.05) is 11.1 Å². The lowest BCUT2D eigenvalue weighted by Crippen LogP contribution is -2.49. The summed E-state index contributed by atoms with van der Waals surface area (Å²) in [6, 6.07) is 4.84. The summed E-state index contributed by atoms with van der Waals surface area (Å²) in [7, 11) is 1.23. The van der Waals surface area contributed by atoms with E-state index in [9.17, 15) is 14.4 Å². The minimum atomic E-state index is -0.799. The van der Waals surface area contributed by atoms with Crippen LogP contribution in [0, 0.1) is 12.3 Å². The summed E-state index contributed by atoms with van der Waals surface area (Å²) in [4.78, 5) is 35.1. The lowest BCUT2D eigenvalue weighted by atomic mass is 10.1. The van der Waals surface area contributed by atoms with Gasteiger partial charge in [-0.05, 0) is 38.1 Å². The van der Waals surface area contributed by atoms with Gasteiger partial charge in [-0.3, -0.25) is 9.59 Å². The van der Waals surface area contributed by atoms with E-state index in [-0.39, 0.29) is 0 Å². The molecule has 0 spiro atoms. The van der Waals surface area contributed by atoms with Crippen molar-refractivity contribution in [2.75, 3.05) is 7.11 Å².